The number of pyridine rings is 1. The maximum Gasteiger partial charge on any atom is 0.160 e. The lowest BCUT2D eigenvalue weighted by Gasteiger charge is -2.07. The first-order valence-corrected chi connectivity index (χ1v) is 6.93. The van der Waals surface area contributed by atoms with Crippen LogP contribution in [0.5, 0.6) is 0 Å². The van der Waals surface area contributed by atoms with Crippen LogP contribution in [0.15, 0.2) is 36.5 Å². The largest absolute Gasteiger partial charge is 0.329 e. The van der Waals surface area contributed by atoms with Crippen LogP contribution in [0.4, 0.5) is 4.39 Å². The molecule has 0 atom stereocenters. The molecule has 0 aliphatic carbocycles. The molecule has 5 heteroatoms. The number of aromatic nitrogens is 3. The monoisotopic (exact) mass is 284 g/mol. The third-order valence-electron chi connectivity index (χ3n) is 3.43. The summed E-state index contributed by atoms with van der Waals surface area (Å²) in [6.07, 6.45) is 2.47. The van der Waals surface area contributed by atoms with Crippen LogP contribution >= 0.6 is 0 Å². The van der Waals surface area contributed by atoms with Gasteiger partial charge in [-0.2, -0.15) is 0 Å². The first kappa shape index (κ1) is 13.7. The van der Waals surface area contributed by atoms with E-state index in [1.54, 1.807) is 12.1 Å². The second-order valence-corrected chi connectivity index (χ2v) is 5.13. The summed E-state index contributed by atoms with van der Waals surface area (Å²) in [5.41, 5.74) is 9.52. The molecule has 0 aliphatic heterocycles. The topological polar surface area (TPSA) is 56.7 Å². The lowest BCUT2D eigenvalue weighted by Crippen LogP contribution is -2.13. The van der Waals surface area contributed by atoms with Gasteiger partial charge in [-0.25, -0.2) is 14.4 Å². The highest BCUT2D eigenvalue weighted by molar-refractivity contribution is 5.72. The van der Waals surface area contributed by atoms with Crippen molar-refractivity contribution in [1.29, 1.82) is 0 Å². The van der Waals surface area contributed by atoms with Crippen molar-refractivity contribution in [2.45, 2.75) is 19.9 Å². The Morgan fingerprint density at radius 2 is 2.00 bits per heavy atom. The summed E-state index contributed by atoms with van der Waals surface area (Å²) >= 11 is 0. The molecule has 0 aliphatic rings. The van der Waals surface area contributed by atoms with E-state index >= 15 is 0 Å². The van der Waals surface area contributed by atoms with E-state index in [9.17, 15) is 4.39 Å². The fourth-order valence-electron chi connectivity index (χ4n) is 2.44. The number of nitrogens with zero attached hydrogens (tertiary/aromatic N) is 3. The van der Waals surface area contributed by atoms with Gasteiger partial charge in [-0.1, -0.05) is 12.1 Å². The minimum atomic E-state index is -0.230. The van der Waals surface area contributed by atoms with Crippen LogP contribution in [0.2, 0.25) is 0 Å². The Morgan fingerprint density at radius 1 is 1.24 bits per heavy atom. The molecule has 0 unspecified atom stereocenters. The maximum absolute atomic E-state index is 13.0. The summed E-state index contributed by atoms with van der Waals surface area (Å²) in [5.74, 6) is 0.673. The normalized spacial score (nSPS) is 11.2. The molecule has 108 valence electrons. The van der Waals surface area contributed by atoms with Crippen LogP contribution in [-0.2, 0) is 13.0 Å². The van der Waals surface area contributed by atoms with Crippen molar-refractivity contribution in [3.8, 4) is 0 Å². The average molecular weight is 284 g/mol. The first-order chi connectivity index (χ1) is 10.2. The zero-order chi connectivity index (χ0) is 14.8. The molecule has 0 amide bonds. The number of nitrogens with two attached hydrogens (primary N) is 1. The Kier molecular flexibility index (Phi) is 3.66. The Bertz CT molecular complexity index is 762. The van der Waals surface area contributed by atoms with Crippen LogP contribution in [0, 0.1) is 12.7 Å². The van der Waals surface area contributed by atoms with Crippen molar-refractivity contribution >= 4 is 11.2 Å². The van der Waals surface area contributed by atoms with E-state index < -0.39 is 0 Å². The number of hydrogen-bond donors (Lipinski definition) is 1. The summed E-state index contributed by atoms with van der Waals surface area (Å²) in [4.78, 5) is 9.12. The second kappa shape index (κ2) is 5.61. The molecule has 0 spiro atoms. The minimum Gasteiger partial charge on any atom is -0.329 e. The van der Waals surface area contributed by atoms with Crippen molar-refractivity contribution in [1.82, 2.24) is 14.5 Å². The molecule has 0 bridgehead atoms. The van der Waals surface area contributed by atoms with E-state index in [4.69, 9.17) is 5.73 Å². The highest BCUT2D eigenvalue weighted by Crippen LogP contribution is 2.18. The SMILES string of the molecule is Cc1cnc2c(c1)nc(Cc1ccc(F)cc1)n2CCN. The Hall–Kier alpha value is -2.27. The van der Waals surface area contributed by atoms with Gasteiger partial charge in [0.25, 0.3) is 0 Å². The molecule has 3 rings (SSSR count). The Morgan fingerprint density at radius 3 is 2.71 bits per heavy atom. The number of fused-ring (bicyclic) bond motifs is 1. The zero-order valence-electron chi connectivity index (χ0n) is 11.9. The van der Waals surface area contributed by atoms with Gasteiger partial charge in [-0.3, -0.25) is 0 Å². The summed E-state index contributed by atoms with van der Waals surface area (Å²) in [5, 5.41) is 0. The van der Waals surface area contributed by atoms with Crippen LogP contribution in [0.3, 0.4) is 0 Å². The number of rotatable bonds is 4. The van der Waals surface area contributed by atoms with Gasteiger partial charge in [0.05, 0.1) is 0 Å². The van der Waals surface area contributed by atoms with Crippen molar-refractivity contribution in [3.63, 3.8) is 0 Å². The number of aryl methyl sites for hydroxylation is 1. The van der Waals surface area contributed by atoms with E-state index in [0.717, 1.165) is 28.1 Å². The van der Waals surface area contributed by atoms with Crippen molar-refractivity contribution < 1.29 is 4.39 Å². The van der Waals surface area contributed by atoms with Gasteiger partial charge in [0.15, 0.2) is 5.65 Å². The summed E-state index contributed by atoms with van der Waals surface area (Å²) in [6, 6.07) is 8.51. The van der Waals surface area contributed by atoms with Gasteiger partial charge in [0.2, 0.25) is 0 Å². The van der Waals surface area contributed by atoms with E-state index in [1.807, 2.05) is 23.8 Å². The van der Waals surface area contributed by atoms with E-state index in [0.29, 0.717) is 19.5 Å². The van der Waals surface area contributed by atoms with Crippen LogP contribution in [0.25, 0.3) is 11.2 Å². The molecule has 2 heterocycles. The molecular formula is C16H17FN4. The molecule has 0 saturated carbocycles. The number of hydrogen-bond acceptors (Lipinski definition) is 3. The predicted molar refractivity (Wildman–Crippen MR) is 80.5 cm³/mol. The minimum absolute atomic E-state index is 0.230. The quantitative estimate of drug-likeness (QED) is 0.800. The van der Waals surface area contributed by atoms with Crippen LogP contribution in [-0.4, -0.2) is 21.1 Å². The van der Waals surface area contributed by atoms with Gasteiger partial charge in [0, 0.05) is 25.7 Å². The smallest absolute Gasteiger partial charge is 0.160 e. The van der Waals surface area contributed by atoms with E-state index in [1.165, 1.54) is 12.1 Å². The highest BCUT2D eigenvalue weighted by atomic mass is 19.1. The van der Waals surface area contributed by atoms with Crippen LogP contribution < -0.4 is 5.73 Å². The Labute approximate surface area is 122 Å². The van der Waals surface area contributed by atoms with Crippen molar-refractivity contribution in [3.05, 3.63) is 59.3 Å². The predicted octanol–water partition coefficient (Wildman–Crippen LogP) is 2.43. The molecule has 4 nitrogen and oxygen atoms in total. The molecule has 0 saturated heterocycles. The van der Waals surface area contributed by atoms with Crippen LogP contribution in [0.1, 0.15) is 17.0 Å². The highest BCUT2D eigenvalue weighted by Gasteiger charge is 2.12. The number of benzene rings is 1. The lowest BCUT2D eigenvalue weighted by molar-refractivity contribution is 0.626. The standard InChI is InChI=1S/C16H17FN4/c1-11-8-14-16(19-10-11)21(7-6-18)15(20-14)9-12-2-4-13(17)5-3-12/h2-5,8,10H,6-7,9,18H2,1H3. The number of imidazole rings is 1. The maximum atomic E-state index is 13.0. The summed E-state index contributed by atoms with van der Waals surface area (Å²) in [6.45, 7) is 3.19. The summed E-state index contributed by atoms with van der Waals surface area (Å²) in [7, 11) is 0. The molecule has 3 aromatic rings. The third-order valence-corrected chi connectivity index (χ3v) is 3.43. The molecule has 0 fully saturated rings. The van der Waals surface area contributed by atoms with Gasteiger partial charge in [-0.05, 0) is 36.2 Å². The zero-order valence-corrected chi connectivity index (χ0v) is 11.9. The lowest BCUT2D eigenvalue weighted by atomic mass is 10.1. The second-order valence-electron chi connectivity index (χ2n) is 5.13. The van der Waals surface area contributed by atoms with Crippen molar-refractivity contribution in [2.75, 3.05) is 6.54 Å². The fourth-order valence-corrected chi connectivity index (χ4v) is 2.44. The molecular weight excluding hydrogens is 267 g/mol. The third kappa shape index (κ3) is 2.78. The molecule has 0 radical (unpaired) electrons. The average Bonchev–Trinajstić information content (AvgIpc) is 2.79. The van der Waals surface area contributed by atoms with Gasteiger partial charge in [-0.15, -0.1) is 0 Å². The van der Waals surface area contributed by atoms with Gasteiger partial charge >= 0.3 is 0 Å². The Balaban J connectivity index is 2.03. The molecule has 2 aromatic heterocycles. The van der Waals surface area contributed by atoms with Gasteiger partial charge in [0.1, 0.15) is 17.2 Å². The van der Waals surface area contributed by atoms with E-state index in [-0.39, 0.29) is 5.82 Å². The molecule has 1 aromatic carbocycles. The molecule has 21 heavy (non-hydrogen) atoms. The van der Waals surface area contributed by atoms with Gasteiger partial charge < -0.3 is 10.3 Å². The number of halogens is 1. The molecule has 2 N–H and O–H groups in total. The fraction of sp³-hybridized carbons (Fsp3) is 0.250. The van der Waals surface area contributed by atoms with Crippen molar-refractivity contribution in [2.24, 2.45) is 5.73 Å². The first-order valence-electron chi connectivity index (χ1n) is 6.93. The summed E-state index contributed by atoms with van der Waals surface area (Å²) < 4.78 is 15.0. The van der Waals surface area contributed by atoms with E-state index in [2.05, 4.69) is 9.97 Å².